The fraction of sp³-hybridized carbons (Fsp3) is 0.571. The molecule has 0 bridgehead atoms. The van der Waals surface area contributed by atoms with Crippen LogP contribution in [0.3, 0.4) is 0 Å². The second-order valence-corrected chi connectivity index (χ2v) is 3.27. The molecule has 8 heteroatoms. The summed E-state index contributed by atoms with van der Waals surface area (Å²) in [5, 5.41) is 13.5. The fourth-order valence-corrected chi connectivity index (χ4v) is 1.41. The molecule has 0 saturated carbocycles. The summed E-state index contributed by atoms with van der Waals surface area (Å²) in [4.78, 5) is 12.4. The molecule has 0 unspecified atom stereocenters. The van der Waals surface area contributed by atoms with Crippen LogP contribution < -0.4 is 0 Å². The first-order valence-corrected chi connectivity index (χ1v) is 4.94. The zero-order valence-corrected chi connectivity index (χ0v) is 8.45. The van der Waals surface area contributed by atoms with E-state index in [-0.39, 0.29) is 18.8 Å². The van der Waals surface area contributed by atoms with Gasteiger partial charge in [-0.15, -0.1) is 5.10 Å². The molecule has 0 aliphatic heterocycles. The minimum absolute atomic E-state index is 0.0223. The lowest BCUT2D eigenvalue weighted by Crippen LogP contribution is -2.37. The van der Waals surface area contributed by atoms with Gasteiger partial charge in [0.15, 0.2) is 5.69 Å². The first-order chi connectivity index (χ1) is 7.15. The van der Waals surface area contributed by atoms with Gasteiger partial charge in [0.1, 0.15) is 0 Å². The maximum atomic E-state index is 12.1. The third kappa shape index (κ3) is 3.48. The van der Waals surface area contributed by atoms with Crippen LogP contribution in [0.2, 0.25) is 0 Å². The van der Waals surface area contributed by atoms with Crippen molar-refractivity contribution in [2.75, 3.05) is 19.7 Å². The number of alkyl halides is 2. The lowest BCUT2D eigenvalue weighted by atomic mass is 10.4. The maximum Gasteiger partial charge on any atom is 0.275 e. The van der Waals surface area contributed by atoms with E-state index in [1.165, 1.54) is 5.38 Å². The first-order valence-electron chi connectivity index (χ1n) is 4.10. The zero-order chi connectivity index (χ0) is 11.3. The summed E-state index contributed by atoms with van der Waals surface area (Å²) in [7, 11) is 0. The summed E-state index contributed by atoms with van der Waals surface area (Å²) < 4.78 is 27.7. The molecule has 1 amide bonds. The predicted octanol–water partition coefficient (Wildman–Crippen LogP) is 0.238. The van der Waals surface area contributed by atoms with Crippen molar-refractivity contribution in [1.29, 1.82) is 0 Å². The van der Waals surface area contributed by atoms with Crippen LogP contribution in [0.4, 0.5) is 8.78 Å². The van der Waals surface area contributed by atoms with Crippen molar-refractivity contribution >= 4 is 17.4 Å². The van der Waals surface area contributed by atoms with Gasteiger partial charge in [-0.25, -0.2) is 8.78 Å². The number of aromatic nitrogens is 2. The summed E-state index contributed by atoms with van der Waals surface area (Å²) >= 11 is 0.964. The number of halogens is 2. The van der Waals surface area contributed by atoms with Crippen molar-refractivity contribution in [3.05, 3.63) is 11.1 Å². The van der Waals surface area contributed by atoms with E-state index in [1.807, 2.05) is 0 Å². The number of aliphatic hydroxyl groups is 1. The van der Waals surface area contributed by atoms with E-state index in [2.05, 4.69) is 9.59 Å². The highest BCUT2D eigenvalue weighted by Crippen LogP contribution is 2.05. The van der Waals surface area contributed by atoms with E-state index in [4.69, 9.17) is 5.11 Å². The molecular weight excluding hydrogens is 228 g/mol. The Morgan fingerprint density at radius 1 is 1.67 bits per heavy atom. The van der Waals surface area contributed by atoms with E-state index in [0.29, 0.717) is 0 Å². The molecule has 1 heterocycles. The second-order valence-electron chi connectivity index (χ2n) is 2.66. The Morgan fingerprint density at radius 2 is 2.40 bits per heavy atom. The molecule has 0 aliphatic rings. The molecule has 0 saturated heterocycles. The van der Waals surface area contributed by atoms with Crippen LogP contribution in [0.5, 0.6) is 0 Å². The molecular formula is C7H9F2N3O2S. The first kappa shape index (κ1) is 11.9. The van der Waals surface area contributed by atoms with Gasteiger partial charge in [-0.2, -0.15) is 0 Å². The normalized spacial score (nSPS) is 10.7. The van der Waals surface area contributed by atoms with Crippen LogP contribution in [0.25, 0.3) is 0 Å². The Kier molecular flexibility index (Phi) is 4.50. The Labute approximate surface area is 88.5 Å². The smallest absolute Gasteiger partial charge is 0.275 e. The number of rotatable bonds is 5. The van der Waals surface area contributed by atoms with Crippen molar-refractivity contribution in [2.24, 2.45) is 0 Å². The third-order valence-corrected chi connectivity index (χ3v) is 2.10. The summed E-state index contributed by atoms with van der Waals surface area (Å²) in [6.45, 7) is -1.21. The van der Waals surface area contributed by atoms with Gasteiger partial charge < -0.3 is 10.0 Å². The highest BCUT2D eigenvalue weighted by Gasteiger charge is 2.20. The summed E-state index contributed by atoms with van der Waals surface area (Å²) in [6, 6.07) is 0. The summed E-state index contributed by atoms with van der Waals surface area (Å²) in [6.07, 6.45) is -2.63. The van der Waals surface area contributed by atoms with Crippen molar-refractivity contribution in [2.45, 2.75) is 6.43 Å². The van der Waals surface area contributed by atoms with Crippen molar-refractivity contribution in [3.8, 4) is 0 Å². The summed E-state index contributed by atoms with van der Waals surface area (Å²) in [5.41, 5.74) is 0.0223. The lowest BCUT2D eigenvalue weighted by Gasteiger charge is -2.19. The molecule has 0 radical (unpaired) electrons. The molecule has 5 nitrogen and oxygen atoms in total. The van der Waals surface area contributed by atoms with Gasteiger partial charge in [0.2, 0.25) is 0 Å². The monoisotopic (exact) mass is 237 g/mol. The molecule has 0 atom stereocenters. The molecule has 1 aromatic rings. The summed E-state index contributed by atoms with van der Waals surface area (Å²) in [5.74, 6) is -0.641. The van der Waals surface area contributed by atoms with Crippen LogP contribution in [0, 0.1) is 0 Å². The standard InChI is InChI=1S/C7H9F2N3O2S/c8-6(9)3-12(1-2-13)7(14)5-4-15-11-10-5/h4,6,13H,1-3H2. The Bertz CT molecular complexity index is 307. The molecule has 0 fully saturated rings. The van der Waals surface area contributed by atoms with Crippen molar-refractivity contribution in [3.63, 3.8) is 0 Å². The van der Waals surface area contributed by atoms with Crippen LogP contribution in [-0.4, -0.2) is 51.6 Å². The molecule has 0 aromatic carbocycles. The van der Waals surface area contributed by atoms with E-state index in [9.17, 15) is 13.6 Å². The molecule has 1 N–H and O–H groups in total. The van der Waals surface area contributed by atoms with Gasteiger partial charge in [-0.3, -0.25) is 4.79 Å². The highest BCUT2D eigenvalue weighted by molar-refractivity contribution is 7.03. The number of hydrogen-bond donors (Lipinski definition) is 1. The Morgan fingerprint density at radius 3 is 2.87 bits per heavy atom. The van der Waals surface area contributed by atoms with E-state index in [0.717, 1.165) is 16.4 Å². The number of carbonyl (C=O) groups is 1. The number of carbonyl (C=O) groups excluding carboxylic acids is 1. The van der Waals surface area contributed by atoms with Gasteiger partial charge in [0.05, 0.1) is 13.2 Å². The average molecular weight is 237 g/mol. The van der Waals surface area contributed by atoms with E-state index >= 15 is 0 Å². The molecule has 15 heavy (non-hydrogen) atoms. The third-order valence-electron chi connectivity index (χ3n) is 1.59. The fourth-order valence-electron chi connectivity index (χ4n) is 0.983. The maximum absolute atomic E-state index is 12.1. The van der Waals surface area contributed by atoms with Gasteiger partial charge in [0.25, 0.3) is 12.3 Å². The lowest BCUT2D eigenvalue weighted by molar-refractivity contribution is 0.0504. The van der Waals surface area contributed by atoms with Crippen LogP contribution in [0.1, 0.15) is 10.5 Å². The minimum Gasteiger partial charge on any atom is -0.395 e. The Balaban J connectivity index is 2.67. The van der Waals surface area contributed by atoms with Crippen LogP contribution >= 0.6 is 11.5 Å². The molecule has 0 spiro atoms. The van der Waals surface area contributed by atoms with Crippen LogP contribution in [-0.2, 0) is 0 Å². The average Bonchev–Trinajstić information content (AvgIpc) is 2.68. The number of hydrogen-bond acceptors (Lipinski definition) is 5. The van der Waals surface area contributed by atoms with Crippen molar-refractivity contribution in [1.82, 2.24) is 14.5 Å². The molecule has 1 aromatic heterocycles. The van der Waals surface area contributed by atoms with E-state index < -0.39 is 18.9 Å². The topological polar surface area (TPSA) is 66.3 Å². The SMILES string of the molecule is O=C(c1csnn1)N(CCO)CC(F)F. The molecule has 84 valence electrons. The van der Waals surface area contributed by atoms with Gasteiger partial charge in [-0.05, 0) is 11.5 Å². The van der Waals surface area contributed by atoms with Gasteiger partial charge in [0, 0.05) is 11.9 Å². The van der Waals surface area contributed by atoms with E-state index in [1.54, 1.807) is 0 Å². The van der Waals surface area contributed by atoms with Gasteiger partial charge >= 0.3 is 0 Å². The largest absolute Gasteiger partial charge is 0.395 e. The zero-order valence-electron chi connectivity index (χ0n) is 7.64. The quantitative estimate of drug-likeness (QED) is 0.796. The second kappa shape index (κ2) is 5.66. The van der Waals surface area contributed by atoms with Crippen LogP contribution in [0.15, 0.2) is 5.38 Å². The predicted molar refractivity (Wildman–Crippen MR) is 48.9 cm³/mol. The number of amides is 1. The van der Waals surface area contributed by atoms with Crippen molar-refractivity contribution < 1.29 is 18.7 Å². The molecule has 1 rings (SSSR count). The molecule has 0 aliphatic carbocycles. The Hall–Kier alpha value is -1.15. The highest BCUT2D eigenvalue weighted by atomic mass is 32.1. The minimum atomic E-state index is -2.63. The van der Waals surface area contributed by atoms with Gasteiger partial charge in [-0.1, -0.05) is 4.49 Å². The number of nitrogens with zero attached hydrogens (tertiary/aromatic N) is 3. The number of aliphatic hydroxyl groups excluding tert-OH is 1.